The zero-order chi connectivity index (χ0) is 17.1. The minimum atomic E-state index is -0.387. The lowest BCUT2D eigenvalue weighted by molar-refractivity contribution is -0.115. The number of benzene rings is 2. The molecule has 0 saturated carbocycles. The van der Waals surface area contributed by atoms with E-state index in [9.17, 15) is 9.18 Å². The number of hydrogen-bond acceptors (Lipinski definition) is 4. The van der Waals surface area contributed by atoms with Crippen molar-refractivity contribution in [1.29, 1.82) is 0 Å². The molecule has 0 atom stereocenters. The van der Waals surface area contributed by atoms with E-state index in [0.29, 0.717) is 22.9 Å². The van der Waals surface area contributed by atoms with E-state index in [1.165, 1.54) is 19.2 Å². The molecule has 0 radical (unpaired) electrons. The summed E-state index contributed by atoms with van der Waals surface area (Å²) in [5.74, 6) is 0.746. The van der Waals surface area contributed by atoms with E-state index >= 15 is 0 Å². The van der Waals surface area contributed by atoms with Crippen molar-refractivity contribution in [2.24, 2.45) is 4.99 Å². The summed E-state index contributed by atoms with van der Waals surface area (Å²) < 4.78 is 23.7. The Balaban J connectivity index is 1.94. The molecule has 6 heteroatoms. The van der Waals surface area contributed by atoms with E-state index in [4.69, 9.17) is 9.47 Å². The van der Waals surface area contributed by atoms with Gasteiger partial charge in [-0.2, -0.15) is 0 Å². The summed E-state index contributed by atoms with van der Waals surface area (Å²) in [4.78, 5) is 16.3. The summed E-state index contributed by atoms with van der Waals surface area (Å²) in [5, 5.41) is 2.64. The van der Waals surface area contributed by atoms with Crippen LogP contribution in [0.1, 0.15) is 11.1 Å². The number of hydrogen-bond donors (Lipinski definition) is 1. The molecule has 0 saturated heterocycles. The molecule has 1 N–H and O–H groups in total. The molecule has 0 unspecified atom stereocenters. The number of rotatable bonds is 4. The van der Waals surface area contributed by atoms with Crippen LogP contribution in [0.15, 0.2) is 53.2 Å². The smallest absolute Gasteiger partial charge is 0.275 e. The van der Waals surface area contributed by atoms with Gasteiger partial charge in [-0.05, 0) is 35.9 Å². The van der Waals surface area contributed by atoms with Gasteiger partial charge in [0, 0.05) is 5.56 Å². The first kappa shape index (κ1) is 15.7. The number of carbonyl (C=O) groups is 1. The van der Waals surface area contributed by atoms with Crippen LogP contribution in [0.2, 0.25) is 0 Å². The summed E-state index contributed by atoms with van der Waals surface area (Å²) in [6.45, 7) is 0. The minimum Gasteiger partial charge on any atom is -0.493 e. The maximum atomic E-state index is 13.3. The van der Waals surface area contributed by atoms with Gasteiger partial charge in [-0.3, -0.25) is 4.79 Å². The highest BCUT2D eigenvalue weighted by molar-refractivity contribution is 6.19. The SMILES string of the molecule is COc1ccc(/C=C2/N=C(c3cccc(F)c3)NC2=O)cc1OC. The lowest BCUT2D eigenvalue weighted by Crippen LogP contribution is -2.24. The molecule has 0 aliphatic carbocycles. The van der Waals surface area contributed by atoms with Gasteiger partial charge in [0.25, 0.3) is 5.91 Å². The van der Waals surface area contributed by atoms with Gasteiger partial charge in [-0.1, -0.05) is 18.2 Å². The summed E-state index contributed by atoms with van der Waals surface area (Å²) in [5.41, 5.74) is 1.49. The van der Waals surface area contributed by atoms with Crippen LogP contribution >= 0.6 is 0 Å². The normalized spacial score (nSPS) is 15.2. The average Bonchev–Trinajstić information content (AvgIpc) is 2.95. The first-order chi connectivity index (χ1) is 11.6. The number of halogens is 1. The molecule has 2 aromatic carbocycles. The van der Waals surface area contributed by atoms with Crippen LogP contribution in [0.5, 0.6) is 11.5 Å². The van der Waals surface area contributed by atoms with Crippen LogP contribution in [-0.2, 0) is 4.79 Å². The molecule has 2 aromatic rings. The van der Waals surface area contributed by atoms with Crippen LogP contribution in [0, 0.1) is 5.82 Å². The molecule has 24 heavy (non-hydrogen) atoms. The fourth-order valence-electron chi connectivity index (χ4n) is 2.34. The number of nitrogens with zero attached hydrogens (tertiary/aromatic N) is 1. The highest BCUT2D eigenvalue weighted by Gasteiger charge is 2.21. The molecular weight excluding hydrogens is 311 g/mol. The van der Waals surface area contributed by atoms with Crippen molar-refractivity contribution in [3.63, 3.8) is 0 Å². The molecule has 1 aliphatic heterocycles. The van der Waals surface area contributed by atoms with Crippen LogP contribution < -0.4 is 14.8 Å². The van der Waals surface area contributed by atoms with Crippen molar-refractivity contribution < 1.29 is 18.7 Å². The topological polar surface area (TPSA) is 59.9 Å². The van der Waals surface area contributed by atoms with E-state index in [1.54, 1.807) is 43.5 Å². The van der Waals surface area contributed by atoms with Gasteiger partial charge in [0.2, 0.25) is 0 Å². The Labute approximate surface area is 138 Å². The van der Waals surface area contributed by atoms with E-state index in [1.807, 2.05) is 0 Å². The van der Waals surface area contributed by atoms with Crippen LogP contribution in [0.25, 0.3) is 6.08 Å². The second-order valence-electron chi connectivity index (χ2n) is 5.07. The third-order valence-electron chi connectivity index (χ3n) is 3.51. The monoisotopic (exact) mass is 326 g/mol. The van der Waals surface area contributed by atoms with Crippen molar-refractivity contribution in [3.05, 3.63) is 65.1 Å². The minimum absolute atomic E-state index is 0.237. The fraction of sp³-hybridized carbons (Fsp3) is 0.111. The molecule has 122 valence electrons. The first-order valence-electron chi connectivity index (χ1n) is 7.20. The van der Waals surface area contributed by atoms with Crippen molar-refractivity contribution in [2.75, 3.05) is 14.2 Å². The zero-order valence-electron chi connectivity index (χ0n) is 13.2. The van der Waals surface area contributed by atoms with E-state index in [-0.39, 0.29) is 17.4 Å². The Morgan fingerprint density at radius 1 is 1.08 bits per heavy atom. The van der Waals surface area contributed by atoms with Gasteiger partial charge in [-0.25, -0.2) is 9.38 Å². The Morgan fingerprint density at radius 3 is 2.58 bits per heavy atom. The van der Waals surface area contributed by atoms with Crippen LogP contribution in [0.3, 0.4) is 0 Å². The highest BCUT2D eigenvalue weighted by atomic mass is 19.1. The van der Waals surface area contributed by atoms with Crippen molar-refractivity contribution >= 4 is 17.8 Å². The number of amides is 1. The Kier molecular flexibility index (Phi) is 4.29. The summed E-state index contributed by atoms with van der Waals surface area (Å²) in [7, 11) is 3.09. The number of ether oxygens (including phenoxy) is 2. The van der Waals surface area contributed by atoms with E-state index < -0.39 is 0 Å². The fourth-order valence-corrected chi connectivity index (χ4v) is 2.34. The van der Waals surface area contributed by atoms with Gasteiger partial charge in [0.15, 0.2) is 11.5 Å². The molecule has 0 bridgehead atoms. The lowest BCUT2D eigenvalue weighted by atomic mass is 10.1. The van der Waals surface area contributed by atoms with E-state index in [2.05, 4.69) is 10.3 Å². The van der Waals surface area contributed by atoms with Gasteiger partial charge >= 0.3 is 0 Å². The first-order valence-corrected chi connectivity index (χ1v) is 7.20. The molecule has 1 aliphatic rings. The standard InChI is InChI=1S/C18H15FN2O3/c1-23-15-7-6-11(9-16(15)24-2)8-14-18(22)21-17(20-14)12-4-3-5-13(19)10-12/h3-10H,1-2H3,(H,20,21,22)/b14-8+. The van der Waals surface area contributed by atoms with Crippen LogP contribution in [0.4, 0.5) is 4.39 Å². The largest absolute Gasteiger partial charge is 0.493 e. The lowest BCUT2D eigenvalue weighted by Gasteiger charge is -2.07. The van der Waals surface area contributed by atoms with Crippen molar-refractivity contribution in [2.45, 2.75) is 0 Å². The molecule has 0 spiro atoms. The highest BCUT2D eigenvalue weighted by Crippen LogP contribution is 2.28. The Morgan fingerprint density at radius 2 is 1.88 bits per heavy atom. The van der Waals surface area contributed by atoms with Gasteiger partial charge < -0.3 is 14.8 Å². The van der Waals surface area contributed by atoms with Crippen molar-refractivity contribution in [1.82, 2.24) is 5.32 Å². The maximum Gasteiger partial charge on any atom is 0.275 e. The summed E-state index contributed by atoms with van der Waals surface area (Å²) in [6, 6.07) is 11.2. The number of nitrogens with one attached hydrogen (secondary N) is 1. The molecule has 3 rings (SSSR count). The quantitative estimate of drug-likeness (QED) is 0.879. The number of methoxy groups -OCH3 is 2. The summed E-state index contributed by atoms with van der Waals surface area (Å²) in [6.07, 6.45) is 1.63. The number of aliphatic imine (C=N–C) groups is 1. The molecule has 0 fully saturated rings. The maximum absolute atomic E-state index is 13.3. The van der Waals surface area contributed by atoms with Crippen LogP contribution in [-0.4, -0.2) is 26.0 Å². The molecular formula is C18H15FN2O3. The summed E-state index contributed by atoms with van der Waals surface area (Å²) >= 11 is 0. The third-order valence-corrected chi connectivity index (χ3v) is 3.51. The Bertz CT molecular complexity index is 859. The predicted octanol–water partition coefficient (Wildman–Crippen LogP) is 2.76. The Hall–Kier alpha value is -3.15. The average molecular weight is 326 g/mol. The number of carbonyl (C=O) groups excluding carboxylic acids is 1. The molecule has 0 aromatic heterocycles. The number of amidine groups is 1. The van der Waals surface area contributed by atoms with E-state index in [0.717, 1.165) is 5.56 Å². The van der Waals surface area contributed by atoms with Gasteiger partial charge in [-0.15, -0.1) is 0 Å². The third kappa shape index (κ3) is 3.12. The second kappa shape index (κ2) is 6.54. The van der Waals surface area contributed by atoms with Gasteiger partial charge in [0.05, 0.1) is 14.2 Å². The van der Waals surface area contributed by atoms with Crippen molar-refractivity contribution in [3.8, 4) is 11.5 Å². The second-order valence-corrected chi connectivity index (χ2v) is 5.07. The predicted molar refractivity (Wildman–Crippen MR) is 88.6 cm³/mol. The molecule has 5 nitrogen and oxygen atoms in total. The molecule has 1 heterocycles. The molecule has 1 amide bonds. The zero-order valence-corrected chi connectivity index (χ0v) is 13.2. The van der Waals surface area contributed by atoms with Gasteiger partial charge in [0.1, 0.15) is 17.3 Å².